The van der Waals surface area contributed by atoms with Crippen LogP contribution in [0.15, 0.2) is 36.5 Å². The molecule has 0 spiro atoms. The summed E-state index contributed by atoms with van der Waals surface area (Å²) >= 11 is 0. The number of nitrogens with zero attached hydrogens (tertiary/aromatic N) is 2. The zero-order valence-corrected chi connectivity index (χ0v) is 18.5. The number of hydrogen-bond donors (Lipinski definition) is 2. The van der Waals surface area contributed by atoms with Crippen LogP contribution < -0.4 is 10.1 Å². The van der Waals surface area contributed by atoms with E-state index in [1.165, 1.54) is 25.3 Å². The summed E-state index contributed by atoms with van der Waals surface area (Å²) < 4.78 is 5.86. The second-order valence-electron chi connectivity index (χ2n) is 6.76. The number of pyridine rings is 1. The van der Waals surface area contributed by atoms with E-state index in [2.05, 4.69) is 10.3 Å². The summed E-state index contributed by atoms with van der Waals surface area (Å²) in [5.41, 5.74) is 2.52. The van der Waals surface area contributed by atoms with Gasteiger partial charge in [-0.2, -0.15) is 0 Å². The molecule has 1 aromatic heterocycles. The van der Waals surface area contributed by atoms with Gasteiger partial charge in [0.05, 0.1) is 6.61 Å². The highest BCUT2D eigenvalue weighted by Gasteiger charge is 2.12. The lowest BCUT2D eigenvalue weighted by molar-refractivity contribution is -0.125. The van der Waals surface area contributed by atoms with E-state index in [1.807, 2.05) is 32.0 Å². The molecule has 1 aromatic carbocycles. The fourth-order valence-corrected chi connectivity index (χ4v) is 2.70. The van der Waals surface area contributed by atoms with Gasteiger partial charge in [0.25, 0.3) is 0 Å². The lowest BCUT2D eigenvalue weighted by Gasteiger charge is -2.19. The van der Waals surface area contributed by atoms with Crippen LogP contribution >= 0.6 is 12.4 Å². The molecule has 0 fully saturated rings. The Kier molecular flexibility index (Phi) is 9.84. The largest absolute Gasteiger partial charge is 0.504 e. The van der Waals surface area contributed by atoms with Crippen molar-refractivity contribution in [2.75, 3.05) is 19.0 Å². The molecule has 0 radical (unpaired) electrons. The van der Waals surface area contributed by atoms with Gasteiger partial charge in [0.2, 0.25) is 11.8 Å². The third-order valence-electron chi connectivity index (χ3n) is 4.13. The van der Waals surface area contributed by atoms with Crippen molar-refractivity contribution >= 4 is 36.1 Å². The van der Waals surface area contributed by atoms with E-state index in [0.717, 1.165) is 23.3 Å². The number of para-hydroxylation sites is 1. The number of aryl methyl sites for hydroxylation is 1. The molecular formula is C22H28ClN3O4. The first-order valence-electron chi connectivity index (χ1n) is 9.42. The van der Waals surface area contributed by atoms with Gasteiger partial charge in [-0.15, -0.1) is 12.4 Å². The van der Waals surface area contributed by atoms with E-state index < -0.39 is 0 Å². The Morgan fingerprint density at radius 1 is 1.33 bits per heavy atom. The molecule has 0 bridgehead atoms. The highest BCUT2D eigenvalue weighted by Crippen LogP contribution is 2.25. The van der Waals surface area contributed by atoms with Crippen LogP contribution in [0.25, 0.3) is 6.08 Å². The molecule has 0 aliphatic heterocycles. The molecule has 7 nitrogen and oxygen atoms in total. The van der Waals surface area contributed by atoms with Crippen molar-refractivity contribution in [3.63, 3.8) is 0 Å². The van der Waals surface area contributed by atoms with Gasteiger partial charge in [-0.25, -0.2) is 4.98 Å². The average molecular weight is 434 g/mol. The van der Waals surface area contributed by atoms with Crippen molar-refractivity contribution in [3.05, 3.63) is 53.2 Å². The molecule has 30 heavy (non-hydrogen) atoms. The molecular weight excluding hydrogens is 406 g/mol. The predicted molar refractivity (Wildman–Crippen MR) is 120 cm³/mol. The Hall–Kier alpha value is -3.06. The predicted octanol–water partition coefficient (Wildman–Crippen LogP) is 3.94. The van der Waals surface area contributed by atoms with Crippen molar-refractivity contribution in [2.24, 2.45) is 0 Å². The fourth-order valence-electron chi connectivity index (χ4n) is 2.70. The molecule has 8 heteroatoms. The number of anilines is 1. The van der Waals surface area contributed by atoms with Crippen LogP contribution in [0.3, 0.4) is 0 Å². The number of carbonyl (C=O) groups excluding carboxylic acids is 2. The number of carbonyl (C=O) groups is 2. The summed E-state index contributed by atoms with van der Waals surface area (Å²) in [6, 6.07) is 7.32. The Bertz CT molecular complexity index is 915. The first-order chi connectivity index (χ1) is 13.8. The van der Waals surface area contributed by atoms with Gasteiger partial charge in [0, 0.05) is 38.4 Å². The first-order valence-corrected chi connectivity index (χ1v) is 9.42. The lowest BCUT2D eigenvalue weighted by atomic mass is 10.1. The summed E-state index contributed by atoms with van der Waals surface area (Å²) in [4.78, 5) is 29.1. The summed E-state index contributed by atoms with van der Waals surface area (Å²) in [5.74, 6) is 0.211. The van der Waals surface area contributed by atoms with E-state index in [-0.39, 0.29) is 35.8 Å². The van der Waals surface area contributed by atoms with Gasteiger partial charge in [-0.05, 0) is 36.6 Å². The molecule has 2 rings (SSSR count). The van der Waals surface area contributed by atoms with E-state index in [1.54, 1.807) is 18.0 Å². The summed E-state index contributed by atoms with van der Waals surface area (Å²) in [5, 5.41) is 12.3. The van der Waals surface area contributed by atoms with E-state index in [4.69, 9.17) is 4.74 Å². The van der Waals surface area contributed by atoms with Crippen LogP contribution in [0, 0.1) is 6.92 Å². The van der Waals surface area contributed by atoms with Crippen molar-refractivity contribution in [1.82, 2.24) is 9.88 Å². The maximum absolute atomic E-state index is 12.5. The van der Waals surface area contributed by atoms with E-state index in [0.29, 0.717) is 18.7 Å². The van der Waals surface area contributed by atoms with Gasteiger partial charge < -0.3 is 20.1 Å². The molecule has 0 atom stereocenters. The minimum atomic E-state index is -0.327. The number of benzene rings is 1. The maximum atomic E-state index is 12.5. The van der Waals surface area contributed by atoms with Crippen molar-refractivity contribution in [3.8, 4) is 11.5 Å². The third-order valence-corrected chi connectivity index (χ3v) is 4.13. The Morgan fingerprint density at radius 3 is 2.70 bits per heavy atom. The van der Waals surface area contributed by atoms with Crippen LogP contribution in [-0.2, 0) is 16.1 Å². The summed E-state index contributed by atoms with van der Waals surface area (Å²) in [6.07, 6.45) is 5.35. The third kappa shape index (κ3) is 7.08. The lowest BCUT2D eigenvalue weighted by Crippen LogP contribution is -2.24. The number of hydrogen-bond acceptors (Lipinski definition) is 5. The van der Waals surface area contributed by atoms with Gasteiger partial charge in [-0.3, -0.25) is 9.59 Å². The fraction of sp³-hybridized carbons (Fsp3) is 0.318. The smallest absolute Gasteiger partial charge is 0.246 e. The quantitative estimate of drug-likeness (QED) is 0.615. The van der Waals surface area contributed by atoms with Crippen LogP contribution in [0.4, 0.5) is 5.82 Å². The average Bonchev–Trinajstić information content (AvgIpc) is 2.67. The molecule has 2 N–H and O–H groups in total. The number of likely N-dealkylation sites (N-methyl/N-ethyl adjacent to an activating group) is 1. The monoisotopic (exact) mass is 433 g/mol. The highest BCUT2D eigenvalue weighted by molar-refractivity contribution is 5.92. The number of nitrogens with one attached hydrogen (secondary N) is 1. The second-order valence-corrected chi connectivity index (χ2v) is 6.76. The number of halogens is 1. The van der Waals surface area contributed by atoms with Crippen LogP contribution in [0.5, 0.6) is 11.5 Å². The Balaban J connectivity index is 0.00000450. The second kappa shape index (κ2) is 11.8. The molecule has 0 saturated carbocycles. The van der Waals surface area contributed by atoms with E-state index >= 15 is 0 Å². The SMILES string of the molecule is CCCOc1c(C)cccc1CN(C)C(=O)/C=C/c1cnc(NC(C)=O)c(O)c1.Cl. The van der Waals surface area contributed by atoms with E-state index in [9.17, 15) is 14.7 Å². The Morgan fingerprint density at radius 2 is 2.07 bits per heavy atom. The van der Waals surface area contributed by atoms with Crippen LogP contribution in [0.2, 0.25) is 0 Å². The van der Waals surface area contributed by atoms with Crippen molar-refractivity contribution in [1.29, 1.82) is 0 Å². The van der Waals surface area contributed by atoms with Gasteiger partial charge in [0.1, 0.15) is 5.75 Å². The van der Waals surface area contributed by atoms with Gasteiger partial charge in [-0.1, -0.05) is 25.1 Å². The zero-order chi connectivity index (χ0) is 21.4. The summed E-state index contributed by atoms with van der Waals surface area (Å²) in [7, 11) is 1.72. The number of ether oxygens (including phenoxy) is 1. The molecule has 0 aliphatic carbocycles. The molecule has 162 valence electrons. The normalized spacial score (nSPS) is 10.4. The summed E-state index contributed by atoms with van der Waals surface area (Å²) in [6.45, 7) is 6.40. The molecule has 0 aliphatic rings. The zero-order valence-electron chi connectivity index (χ0n) is 17.6. The highest BCUT2D eigenvalue weighted by atomic mass is 35.5. The molecule has 0 unspecified atom stereocenters. The van der Waals surface area contributed by atoms with Crippen LogP contribution in [-0.4, -0.2) is 40.5 Å². The molecule has 2 amide bonds. The first kappa shape index (κ1) is 25.0. The molecule has 1 heterocycles. The number of amides is 2. The number of aromatic hydroxyl groups is 1. The minimum Gasteiger partial charge on any atom is -0.504 e. The molecule has 2 aromatic rings. The topological polar surface area (TPSA) is 91.8 Å². The van der Waals surface area contributed by atoms with Crippen molar-refractivity contribution < 1.29 is 19.4 Å². The Labute approximate surface area is 183 Å². The van der Waals surface area contributed by atoms with Crippen molar-refractivity contribution in [2.45, 2.75) is 33.7 Å². The standard InChI is InChI=1S/C22H27N3O4.ClH/c1-5-11-29-21-15(2)7-6-8-18(21)14-25(4)20(28)10-9-17-12-19(27)22(23-13-17)24-16(3)26;/h6-10,12-13,27H,5,11,14H2,1-4H3,(H,23,24,26);1H/b10-9+;. The number of aromatic nitrogens is 1. The number of rotatable bonds is 8. The van der Waals surface area contributed by atoms with Gasteiger partial charge in [0.15, 0.2) is 11.6 Å². The van der Waals surface area contributed by atoms with Crippen LogP contribution in [0.1, 0.15) is 37.0 Å². The maximum Gasteiger partial charge on any atom is 0.246 e. The minimum absolute atomic E-state index is 0. The van der Waals surface area contributed by atoms with Gasteiger partial charge >= 0.3 is 0 Å². The molecule has 0 saturated heterocycles.